The molecule has 4 rings (SSSR count). The Hall–Kier alpha value is -3.15. The van der Waals surface area contributed by atoms with Crippen LogP contribution in [0, 0.1) is 5.41 Å². The van der Waals surface area contributed by atoms with Crippen LogP contribution in [-0.2, 0) is 11.2 Å². The van der Waals surface area contributed by atoms with Crippen LogP contribution in [0.2, 0.25) is 0 Å². The van der Waals surface area contributed by atoms with Crippen LogP contribution in [0.15, 0.2) is 65.5 Å². The number of hydrogen-bond donors (Lipinski definition) is 2. The zero-order chi connectivity index (χ0) is 20.3. The summed E-state index contributed by atoms with van der Waals surface area (Å²) in [6.07, 6.45) is 5.06. The standard InChI is InChI=1S/C23H26N4O2/c24-21(28)23(14-8-3-9-15-23)19(16-17-10-4-1-5-11-17)20-25-22(29)27(26-20)18-12-6-2-7-13-18/h1-2,4-7,10-13,19H,3,8-9,14-16H2,(H2,24,28)(H,25,26,29)/t19-/m1/s1. The summed E-state index contributed by atoms with van der Waals surface area (Å²) in [5.74, 6) is -0.0444. The second kappa shape index (κ2) is 8.07. The van der Waals surface area contributed by atoms with Crippen molar-refractivity contribution in [3.8, 4) is 5.69 Å². The predicted molar refractivity (Wildman–Crippen MR) is 112 cm³/mol. The minimum Gasteiger partial charge on any atom is -0.369 e. The number of para-hydroxylation sites is 1. The van der Waals surface area contributed by atoms with Crippen molar-refractivity contribution >= 4 is 5.91 Å². The lowest BCUT2D eigenvalue weighted by Crippen LogP contribution is -2.45. The van der Waals surface area contributed by atoms with Crippen LogP contribution in [0.3, 0.4) is 0 Å². The third-order valence-electron chi connectivity index (χ3n) is 6.15. The lowest BCUT2D eigenvalue weighted by Gasteiger charge is -2.40. The van der Waals surface area contributed by atoms with Crippen LogP contribution in [0.25, 0.3) is 5.69 Å². The van der Waals surface area contributed by atoms with Crippen molar-refractivity contribution in [2.45, 2.75) is 44.4 Å². The molecule has 3 aromatic rings. The monoisotopic (exact) mass is 390 g/mol. The van der Waals surface area contributed by atoms with E-state index in [1.54, 1.807) is 0 Å². The Morgan fingerprint density at radius 2 is 1.66 bits per heavy atom. The highest BCUT2D eigenvalue weighted by Gasteiger charge is 2.47. The number of H-pyrrole nitrogens is 1. The second-order valence-electron chi connectivity index (χ2n) is 7.89. The number of carbonyl (C=O) groups excluding carboxylic acids is 1. The number of hydrogen-bond acceptors (Lipinski definition) is 3. The predicted octanol–water partition coefficient (Wildman–Crippen LogP) is 3.32. The quantitative estimate of drug-likeness (QED) is 0.676. The number of nitrogens with two attached hydrogens (primary N) is 1. The molecule has 1 aliphatic carbocycles. The van der Waals surface area contributed by atoms with Crippen LogP contribution < -0.4 is 11.4 Å². The number of benzene rings is 2. The van der Waals surface area contributed by atoms with E-state index in [1.165, 1.54) is 4.68 Å². The Morgan fingerprint density at radius 1 is 1.03 bits per heavy atom. The van der Waals surface area contributed by atoms with E-state index in [-0.39, 0.29) is 17.5 Å². The Labute approximate surface area is 169 Å². The van der Waals surface area contributed by atoms with Gasteiger partial charge in [0.15, 0.2) is 0 Å². The third kappa shape index (κ3) is 3.75. The summed E-state index contributed by atoms with van der Waals surface area (Å²) in [4.78, 5) is 28.4. The number of primary amides is 1. The van der Waals surface area contributed by atoms with E-state index >= 15 is 0 Å². The molecule has 29 heavy (non-hydrogen) atoms. The molecule has 1 heterocycles. The molecule has 1 amide bonds. The van der Waals surface area contributed by atoms with Crippen LogP contribution >= 0.6 is 0 Å². The van der Waals surface area contributed by atoms with Gasteiger partial charge in [-0.05, 0) is 37.0 Å². The number of rotatable bonds is 6. The summed E-state index contributed by atoms with van der Waals surface area (Å²) in [5.41, 5.74) is 6.76. The molecule has 6 nitrogen and oxygen atoms in total. The van der Waals surface area contributed by atoms with Gasteiger partial charge >= 0.3 is 5.69 Å². The van der Waals surface area contributed by atoms with E-state index in [0.717, 1.165) is 37.7 Å². The summed E-state index contributed by atoms with van der Waals surface area (Å²) in [6, 6.07) is 19.3. The molecule has 0 spiro atoms. The summed E-state index contributed by atoms with van der Waals surface area (Å²) in [6.45, 7) is 0. The van der Waals surface area contributed by atoms with Gasteiger partial charge in [-0.1, -0.05) is 67.8 Å². The van der Waals surface area contributed by atoms with Crippen LogP contribution in [0.5, 0.6) is 0 Å². The fraction of sp³-hybridized carbons (Fsp3) is 0.348. The first-order chi connectivity index (χ1) is 14.1. The van der Waals surface area contributed by atoms with Gasteiger partial charge in [-0.25, -0.2) is 4.79 Å². The maximum atomic E-state index is 12.7. The molecule has 0 bridgehead atoms. The van der Waals surface area contributed by atoms with Gasteiger partial charge in [0.1, 0.15) is 5.82 Å². The van der Waals surface area contributed by atoms with Gasteiger partial charge in [0, 0.05) is 5.92 Å². The molecule has 6 heteroatoms. The molecule has 1 aliphatic rings. The first kappa shape index (κ1) is 19.2. The van der Waals surface area contributed by atoms with Crippen molar-refractivity contribution in [3.05, 3.63) is 82.5 Å². The Bertz CT molecular complexity index is 1020. The number of aromatic nitrogens is 3. The molecular weight excluding hydrogens is 364 g/mol. The highest BCUT2D eigenvalue weighted by atomic mass is 16.2. The largest absolute Gasteiger partial charge is 0.369 e. The highest BCUT2D eigenvalue weighted by Crippen LogP contribution is 2.47. The van der Waals surface area contributed by atoms with Crippen LogP contribution in [-0.4, -0.2) is 20.7 Å². The molecule has 1 fully saturated rings. The van der Waals surface area contributed by atoms with Crippen LogP contribution in [0.1, 0.15) is 49.4 Å². The number of nitrogens with one attached hydrogen (secondary N) is 1. The van der Waals surface area contributed by atoms with Gasteiger partial charge in [0.2, 0.25) is 5.91 Å². The summed E-state index contributed by atoms with van der Waals surface area (Å²) < 4.78 is 1.37. The number of nitrogens with zero attached hydrogens (tertiary/aromatic N) is 2. The van der Waals surface area contributed by atoms with E-state index in [9.17, 15) is 9.59 Å². The Kier molecular flexibility index (Phi) is 5.34. The molecule has 0 saturated heterocycles. The lowest BCUT2D eigenvalue weighted by atomic mass is 9.63. The van der Waals surface area contributed by atoms with Gasteiger partial charge in [0.25, 0.3) is 0 Å². The van der Waals surface area contributed by atoms with Crippen molar-refractivity contribution in [1.82, 2.24) is 14.8 Å². The normalized spacial score (nSPS) is 17.0. The van der Waals surface area contributed by atoms with E-state index in [0.29, 0.717) is 17.9 Å². The summed E-state index contributed by atoms with van der Waals surface area (Å²) in [7, 11) is 0. The van der Waals surface area contributed by atoms with E-state index < -0.39 is 5.41 Å². The van der Waals surface area contributed by atoms with Gasteiger partial charge in [-0.3, -0.25) is 9.78 Å². The van der Waals surface area contributed by atoms with Gasteiger partial charge < -0.3 is 5.73 Å². The summed E-state index contributed by atoms with van der Waals surface area (Å²) in [5, 5.41) is 4.62. The molecule has 3 N–H and O–H groups in total. The van der Waals surface area contributed by atoms with E-state index in [4.69, 9.17) is 5.73 Å². The smallest absolute Gasteiger partial charge is 0.348 e. The zero-order valence-electron chi connectivity index (χ0n) is 16.4. The Morgan fingerprint density at radius 3 is 2.28 bits per heavy atom. The number of aromatic amines is 1. The van der Waals surface area contributed by atoms with Crippen molar-refractivity contribution in [3.63, 3.8) is 0 Å². The highest BCUT2D eigenvalue weighted by molar-refractivity contribution is 5.82. The maximum absolute atomic E-state index is 12.7. The molecular formula is C23H26N4O2. The van der Waals surface area contributed by atoms with Gasteiger partial charge in [-0.2, -0.15) is 4.68 Å². The molecule has 150 valence electrons. The molecule has 1 atom stereocenters. The van der Waals surface area contributed by atoms with Crippen molar-refractivity contribution in [1.29, 1.82) is 0 Å². The molecule has 2 aromatic carbocycles. The topological polar surface area (TPSA) is 93.8 Å². The Balaban J connectivity index is 1.80. The zero-order valence-corrected chi connectivity index (χ0v) is 16.4. The fourth-order valence-electron chi connectivity index (χ4n) is 4.59. The van der Waals surface area contributed by atoms with E-state index in [1.807, 2.05) is 60.7 Å². The van der Waals surface area contributed by atoms with Gasteiger partial charge in [-0.15, -0.1) is 5.10 Å². The molecule has 1 saturated carbocycles. The first-order valence-electron chi connectivity index (χ1n) is 10.2. The lowest BCUT2D eigenvalue weighted by molar-refractivity contribution is -0.131. The number of carbonyl (C=O) groups is 1. The third-order valence-corrected chi connectivity index (χ3v) is 6.15. The maximum Gasteiger partial charge on any atom is 0.348 e. The first-order valence-corrected chi connectivity index (χ1v) is 10.2. The molecule has 0 radical (unpaired) electrons. The van der Waals surface area contributed by atoms with Gasteiger partial charge in [0.05, 0.1) is 11.1 Å². The van der Waals surface area contributed by atoms with Crippen molar-refractivity contribution in [2.75, 3.05) is 0 Å². The fourth-order valence-corrected chi connectivity index (χ4v) is 4.59. The second-order valence-corrected chi connectivity index (χ2v) is 7.89. The summed E-state index contributed by atoms with van der Waals surface area (Å²) >= 11 is 0. The van der Waals surface area contributed by atoms with Crippen molar-refractivity contribution < 1.29 is 4.79 Å². The SMILES string of the molecule is NC(=O)C1([C@H](Cc2ccccc2)c2nn(-c3ccccc3)c(=O)[nH]2)CCCCC1. The van der Waals surface area contributed by atoms with Crippen LogP contribution in [0.4, 0.5) is 0 Å². The molecule has 0 aliphatic heterocycles. The number of amides is 1. The minimum absolute atomic E-state index is 0.277. The molecule has 0 unspecified atom stereocenters. The molecule has 1 aromatic heterocycles. The van der Waals surface area contributed by atoms with E-state index in [2.05, 4.69) is 10.1 Å². The average Bonchev–Trinajstić information content (AvgIpc) is 3.15. The average molecular weight is 390 g/mol. The minimum atomic E-state index is -0.701. The van der Waals surface area contributed by atoms with Crippen molar-refractivity contribution in [2.24, 2.45) is 11.1 Å².